The van der Waals surface area contributed by atoms with E-state index in [4.69, 9.17) is 4.74 Å². The summed E-state index contributed by atoms with van der Waals surface area (Å²) in [5.74, 6) is -1.78. The molecule has 1 heterocycles. The maximum atomic E-state index is 13.7. The number of rotatable bonds is 7. The monoisotopic (exact) mass is 466 g/mol. The zero-order valence-corrected chi connectivity index (χ0v) is 18.2. The minimum absolute atomic E-state index is 0.0351. The first kappa shape index (κ1) is 24.3. The van der Waals surface area contributed by atoms with Gasteiger partial charge in [-0.2, -0.15) is 18.3 Å². The highest BCUT2D eigenvalue weighted by Gasteiger charge is 2.41. The third-order valence-electron chi connectivity index (χ3n) is 5.42. The molecule has 0 bridgehead atoms. The largest absolute Gasteiger partial charge is 0.462 e. The molecule has 0 aliphatic heterocycles. The fourth-order valence-corrected chi connectivity index (χ4v) is 3.99. The van der Waals surface area contributed by atoms with Crippen LogP contribution in [0.25, 0.3) is 5.69 Å². The topological polar surface area (TPSA) is 102 Å². The molecule has 0 saturated heterocycles. The molecule has 33 heavy (non-hydrogen) atoms. The van der Waals surface area contributed by atoms with Crippen LogP contribution in [0.2, 0.25) is 0 Å². The summed E-state index contributed by atoms with van der Waals surface area (Å²) in [6.07, 6.45) is -0.391. The fraction of sp³-hybridized carbons (Fsp3) is 0.455. The lowest BCUT2D eigenvalue weighted by molar-refractivity contribution is -0.143. The van der Waals surface area contributed by atoms with Crippen molar-refractivity contribution in [2.75, 3.05) is 11.9 Å². The van der Waals surface area contributed by atoms with E-state index in [-0.39, 0.29) is 30.0 Å². The van der Waals surface area contributed by atoms with Gasteiger partial charge >= 0.3 is 12.1 Å². The highest BCUT2D eigenvalue weighted by molar-refractivity contribution is 5.97. The number of hydrogen-bond acceptors (Lipinski definition) is 5. The number of esters is 1. The molecule has 2 aromatic rings. The van der Waals surface area contributed by atoms with E-state index in [9.17, 15) is 27.6 Å². The van der Waals surface area contributed by atoms with Crippen LogP contribution >= 0.6 is 0 Å². The van der Waals surface area contributed by atoms with E-state index in [0.717, 1.165) is 31.9 Å². The molecule has 2 amide bonds. The smallest absolute Gasteiger partial charge is 0.434 e. The number of anilines is 1. The molecule has 0 spiro atoms. The summed E-state index contributed by atoms with van der Waals surface area (Å²) in [4.78, 5) is 36.2. The van der Waals surface area contributed by atoms with E-state index in [1.807, 2.05) is 0 Å². The van der Waals surface area contributed by atoms with Crippen molar-refractivity contribution in [3.8, 4) is 5.69 Å². The van der Waals surface area contributed by atoms with Gasteiger partial charge in [0.1, 0.15) is 11.6 Å². The Hall–Kier alpha value is -3.37. The van der Waals surface area contributed by atoms with E-state index in [1.54, 1.807) is 0 Å². The lowest BCUT2D eigenvalue weighted by atomic mass is 9.97. The van der Waals surface area contributed by atoms with Crippen molar-refractivity contribution in [3.05, 3.63) is 41.7 Å². The van der Waals surface area contributed by atoms with E-state index in [2.05, 4.69) is 15.7 Å². The zero-order valence-electron chi connectivity index (χ0n) is 18.2. The summed E-state index contributed by atoms with van der Waals surface area (Å²) >= 11 is 0. The lowest BCUT2D eigenvalue weighted by Gasteiger charge is -2.23. The molecular formula is C22H25F3N4O4. The third kappa shape index (κ3) is 5.71. The zero-order chi connectivity index (χ0) is 24.2. The summed E-state index contributed by atoms with van der Waals surface area (Å²) in [5.41, 5.74) is -1.53. The maximum Gasteiger partial charge on any atom is 0.434 e. The molecule has 1 aromatic carbocycles. The molecule has 1 fully saturated rings. The van der Waals surface area contributed by atoms with E-state index in [1.165, 1.54) is 38.1 Å². The van der Waals surface area contributed by atoms with Gasteiger partial charge < -0.3 is 15.4 Å². The van der Waals surface area contributed by atoms with E-state index < -0.39 is 29.4 Å². The number of carbonyl (C=O) groups excluding carboxylic acids is 3. The minimum atomic E-state index is -4.85. The molecule has 11 heteroatoms. The van der Waals surface area contributed by atoms with Crippen molar-refractivity contribution < 1.29 is 32.3 Å². The molecule has 1 atom stereocenters. The van der Waals surface area contributed by atoms with Crippen LogP contribution < -0.4 is 10.6 Å². The number of nitrogens with one attached hydrogen (secondary N) is 2. The Morgan fingerprint density at radius 1 is 1.18 bits per heavy atom. The van der Waals surface area contributed by atoms with Crippen molar-refractivity contribution in [1.29, 1.82) is 0 Å². The number of hydrogen-bond donors (Lipinski definition) is 2. The molecule has 1 aliphatic rings. The Morgan fingerprint density at radius 3 is 2.36 bits per heavy atom. The first-order chi connectivity index (χ1) is 15.6. The first-order valence-corrected chi connectivity index (χ1v) is 10.6. The van der Waals surface area contributed by atoms with Gasteiger partial charge in [-0.1, -0.05) is 12.8 Å². The highest BCUT2D eigenvalue weighted by atomic mass is 19.4. The number of amides is 2. The van der Waals surface area contributed by atoms with E-state index >= 15 is 0 Å². The lowest BCUT2D eigenvalue weighted by Crippen LogP contribution is -2.47. The summed E-state index contributed by atoms with van der Waals surface area (Å²) in [5, 5.41) is 9.12. The molecule has 1 unspecified atom stereocenters. The molecule has 1 saturated carbocycles. The van der Waals surface area contributed by atoms with Crippen LogP contribution in [0.4, 0.5) is 18.9 Å². The number of aromatic nitrogens is 2. The summed E-state index contributed by atoms with van der Waals surface area (Å²) < 4.78 is 46.3. The van der Waals surface area contributed by atoms with Gasteiger partial charge in [-0.15, -0.1) is 0 Å². The second-order valence-electron chi connectivity index (χ2n) is 7.80. The number of carbonyl (C=O) groups is 3. The third-order valence-corrected chi connectivity index (χ3v) is 5.42. The predicted octanol–water partition coefficient (Wildman–Crippen LogP) is 3.70. The van der Waals surface area contributed by atoms with Crippen molar-refractivity contribution in [2.24, 2.45) is 5.92 Å². The quantitative estimate of drug-likeness (QED) is 0.606. The SMILES string of the molecule is CCOC(=O)c1cnn(-c2ccc(NC(=O)C(NC(C)=O)C3CCCC3)cc2)c1C(F)(F)F. The number of benzene rings is 1. The Labute approximate surface area is 188 Å². The van der Waals surface area contributed by atoms with Gasteiger partial charge in [0, 0.05) is 12.6 Å². The molecular weight excluding hydrogens is 441 g/mol. The van der Waals surface area contributed by atoms with E-state index in [0.29, 0.717) is 10.4 Å². The summed E-state index contributed by atoms with van der Waals surface area (Å²) in [6.45, 7) is 2.76. The Balaban J connectivity index is 1.82. The molecule has 3 rings (SSSR count). The van der Waals surface area contributed by atoms with Crippen LogP contribution in [0.15, 0.2) is 30.5 Å². The van der Waals surface area contributed by atoms with Gasteiger partial charge in [-0.3, -0.25) is 9.59 Å². The van der Waals surface area contributed by atoms with Gasteiger partial charge in [0.25, 0.3) is 0 Å². The Kier molecular flexibility index (Phi) is 7.39. The van der Waals surface area contributed by atoms with Crippen LogP contribution in [-0.4, -0.2) is 40.2 Å². The fourth-order valence-electron chi connectivity index (χ4n) is 3.99. The summed E-state index contributed by atoms with van der Waals surface area (Å²) in [6, 6.07) is 4.86. The van der Waals surface area contributed by atoms with Crippen LogP contribution in [-0.2, 0) is 20.5 Å². The molecule has 8 nitrogen and oxygen atoms in total. The normalized spacial score (nSPS) is 15.2. The van der Waals surface area contributed by atoms with Gasteiger partial charge in [0.2, 0.25) is 11.8 Å². The number of alkyl halides is 3. The average molecular weight is 466 g/mol. The maximum absolute atomic E-state index is 13.7. The minimum Gasteiger partial charge on any atom is -0.462 e. The van der Waals surface area contributed by atoms with Crippen molar-refractivity contribution in [2.45, 2.75) is 51.7 Å². The molecule has 0 radical (unpaired) electrons. The number of ether oxygens (including phenoxy) is 1. The number of halogens is 3. The number of nitrogens with zero attached hydrogens (tertiary/aromatic N) is 2. The standard InChI is InChI=1S/C22H25F3N4O4/c1-3-33-21(32)17-12-26-29(19(17)22(23,24)25)16-10-8-15(9-11-16)28-20(31)18(27-13(2)30)14-6-4-5-7-14/h8-12,14,18H,3-7H2,1-2H3,(H,27,30)(H,28,31). The first-order valence-electron chi connectivity index (χ1n) is 10.6. The van der Waals surface area contributed by atoms with Crippen molar-refractivity contribution in [3.63, 3.8) is 0 Å². The van der Waals surface area contributed by atoms with Gasteiger partial charge in [0.05, 0.1) is 18.5 Å². The molecule has 2 N–H and O–H groups in total. The van der Waals surface area contributed by atoms with Crippen LogP contribution in [0.3, 0.4) is 0 Å². The molecule has 178 valence electrons. The average Bonchev–Trinajstić information content (AvgIpc) is 3.42. The van der Waals surface area contributed by atoms with Gasteiger partial charge in [0.15, 0.2) is 5.69 Å². The second-order valence-corrected chi connectivity index (χ2v) is 7.80. The van der Waals surface area contributed by atoms with Crippen LogP contribution in [0.1, 0.15) is 55.6 Å². The van der Waals surface area contributed by atoms with Gasteiger partial charge in [-0.25, -0.2) is 9.48 Å². The van der Waals surface area contributed by atoms with Crippen molar-refractivity contribution >= 4 is 23.5 Å². The van der Waals surface area contributed by atoms with Crippen LogP contribution in [0.5, 0.6) is 0 Å². The highest BCUT2D eigenvalue weighted by Crippen LogP contribution is 2.34. The predicted molar refractivity (Wildman–Crippen MR) is 113 cm³/mol. The Morgan fingerprint density at radius 2 is 1.82 bits per heavy atom. The van der Waals surface area contributed by atoms with Crippen LogP contribution in [0, 0.1) is 5.92 Å². The van der Waals surface area contributed by atoms with Gasteiger partial charge in [-0.05, 0) is 49.9 Å². The molecule has 1 aliphatic carbocycles. The van der Waals surface area contributed by atoms with Crippen molar-refractivity contribution in [1.82, 2.24) is 15.1 Å². The Bertz CT molecular complexity index is 1010. The second kappa shape index (κ2) is 10.1. The molecule has 1 aromatic heterocycles. The summed E-state index contributed by atoms with van der Waals surface area (Å²) in [7, 11) is 0.